The lowest BCUT2D eigenvalue weighted by atomic mass is 10.1. The second-order valence-corrected chi connectivity index (χ2v) is 8.13. The Morgan fingerprint density at radius 1 is 1.19 bits per heavy atom. The summed E-state index contributed by atoms with van der Waals surface area (Å²) < 4.78 is 45.2. The predicted molar refractivity (Wildman–Crippen MR) is 95.2 cm³/mol. The number of nitrogens with zero attached hydrogens (tertiary/aromatic N) is 2. The molecule has 2 heterocycles. The van der Waals surface area contributed by atoms with Gasteiger partial charge < -0.3 is 9.73 Å². The number of halogens is 1. The van der Waals surface area contributed by atoms with E-state index in [2.05, 4.69) is 5.32 Å². The molecule has 1 saturated heterocycles. The number of furan rings is 1. The second-order valence-electron chi connectivity index (χ2n) is 6.19. The molecule has 1 amide bonds. The van der Waals surface area contributed by atoms with Gasteiger partial charge in [-0.1, -0.05) is 0 Å². The van der Waals surface area contributed by atoms with E-state index in [4.69, 9.17) is 4.42 Å². The van der Waals surface area contributed by atoms with Gasteiger partial charge in [0.1, 0.15) is 6.17 Å². The van der Waals surface area contributed by atoms with Gasteiger partial charge in [-0.3, -0.25) is 4.79 Å². The van der Waals surface area contributed by atoms with Crippen molar-refractivity contribution in [1.29, 1.82) is 0 Å². The van der Waals surface area contributed by atoms with Gasteiger partial charge in [0.15, 0.2) is 12.8 Å². The minimum atomic E-state index is -3.69. The van der Waals surface area contributed by atoms with Crippen molar-refractivity contribution in [2.75, 3.05) is 25.5 Å². The second kappa shape index (κ2) is 7.57. The Morgan fingerprint density at radius 2 is 1.81 bits per heavy atom. The number of amides is 1. The number of alkyl halides is 1. The zero-order chi connectivity index (χ0) is 19.6. The Balaban J connectivity index is 1.69. The lowest BCUT2D eigenvalue weighted by Gasteiger charge is -2.27. The first-order valence-electron chi connectivity index (χ1n) is 8.34. The molecule has 3 rings (SSSR count). The summed E-state index contributed by atoms with van der Waals surface area (Å²) in [4.78, 5) is 23.3. The molecule has 0 atom stereocenters. The highest BCUT2D eigenvalue weighted by atomic mass is 32.2. The van der Waals surface area contributed by atoms with Gasteiger partial charge >= 0.3 is 5.88 Å². The fourth-order valence-corrected chi connectivity index (χ4v) is 4.21. The fourth-order valence-electron chi connectivity index (χ4n) is 2.74. The number of hydrogen-bond donors (Lipinski definition) is 1. The molecule has 10 heteroatoms. The molecule has 0 unspecified atom stereocenters. The maximum Gasteiger partial charge on any atom is 0.421 e. The number of carbonyl (C=O) groups is 1. The highest BCUT2D eigenvalue weighted by Gasteiger charge is 2.29. The molecule has 0 radical (unpaired) electrons. The van der Waals surface area contributed by atoms with Crippen LogP contribution < -0.4 is 5.32 Å². The van der Waals surface area contributed by atoms with E-state index in [1.807, 2.05) is 0 Å². The Bertz CT molecular complexity index is 947. The van der Waals surface area contributed by atoms with Gasteiger partial charge in [-0.2, -0.15) is 4.31 Å². The Hall–Kier alpha value is -2.59. The van der Waals surface area contributed by atoms with E-state index in [0.29, 0.717) is 10.4 Å². The molecule has 8 nitrogen and oxygen atoms in total. The molecule has 2 aromatic rings. The number of sulfonamides is 1. The smallest absolute Gasteiger partial charge is 0.396 e. The highest BCUT2D eigenvalue weighted by molar-refractivity contribution is 7.89. The molecular weight excluding hydrogens is 377 g/mol. The van der Waals surface area contributed by atoms with Crippen molar-refractivity contribution in [1.82, 2.24) is 4.31 Å². The van der Waals surface area contributed by atoms with E-state index in [0.717, 1.165) is 0 Å². The number of hydrogen-bond acceptors (Lipinski definition) is 5. The van der Waals surface area contributed by atoms with Gasteiger partial charge in [0.2, 0.25) is 10.0 Å². The van der Waals surface area contributed by atoms with Crippen LogP contribution in [0.5, 0.6) is 0 Å². The number of rotatable bonds is 5. The van der Waals surface area contributed by atoms with Crippen LogP contribution in [0.1, 0.15) is 23.4 Å². The van der Waals surface area contributed by atoms with Crippen LogP contribution in [0.2, 0.25) is 0 Å². The van der Waals surface area contributed by atoms with E-state index >= 15 is 0 Å². The SMILES string of the molecule is C[N+](=O)c1ccc(C(=O)Nc2ccc(S(=O)(=O)N3CCC(F)CC3)cc2)o1. The first-order valence-corrected chi connectivity index (χ1v) is 9.78. The van der Waals surface area contributed by atoms with Crippen LogP contribution in [0.15, 0.2) is 45.7 Å². The minimum Gasteiger partial charge on any atom is -0.396 e. The standard InChI is InChI=1S/C17H18FN3O5S/c1-20(23)16-7-6-15(26-16)17(22)19-13-2-4-14(5-3-13)27(24,25)21-10-8-12(18)9-11-21/h2-7,12H,8-11H2,1H3/p+1. The van der Waals surface area contributed by atoms with E-state index in [-0.39, 0.29) is 42.5 Å². The zero-order valence-electron chi connectivity index (χ0n) is 14.6. The Labute approximate surface area is 155 Å². The van der Waals surface area contributed by atoms with Crippen molar-refractivity contribution >= 4 is 27.5 Å². The van der Waals surface area contributed by atoms with Crippen molar-refractivity contribution in [3.8, 4) is 0 Å². The highest BCUT2D eigenvalue weighted by Crippen LogP contribution is 2.23. The van der Waals surface area contributed by atoms with Crippen LogP contribution in [0.3, 0.4) is 0 Å². The number of carbonyl (C=O) groups excluding carboxylic acids is 1. The lowest BCUT2D eigenvalue weighted by molar-refractivity contribution is -0.444. The molecule has 0 saturated carbocycles. The van der Waals surface area contributed by atoms with Gasteiger partial charge in [-0.15, -0.1) is 0 Å². The summed E-state index contributed by atoms with van der Waals surface area (Å²) in [5.74, 6) is -0.610. The van der Waals surface area contributed by atoms with Crippen LogP contribution >= 0.6 is 0 Å². The van der Waals surface area contributed by atoms with Gasteiger partial charge in [-0.25, -0.2) is 12.8 Å². The first kappa shape index (κ1) is 19.2. The molecule has 1 aliphatic rings. The summed E-state index contributed by atoms with van der Waals surface area (Å²) >= 11 is 0. The van der Waals surface area contributed by atoms with Crippen molar-refractivity contribution < 1.29 is 26.8 Å². The molecule has 0 bridgehead atoms. The van der Waals surface area contributed by atoms with Crippen LogP contribution in [-0.4, -0.2) is 49.7 Å². The third kappa shape index (κ3) is 4.22. The topological polar surface area (TPSA) is 99.7 Å². The average Bonchev–Trinajstić information content (AvgIpc) is 3.13. The van der Waals surface area contributed by atoms with Crippen molar-refractivity contribution in [3.05, 3.63) is 47.1 Å². The molecule has 1 aliphatic heterocycles. The summed E-state index contributed by atoms with van der Waals surface area (Å²) in [5, 5.41) is 2.56. The number of benzene rings is 1. The van der Waals surface area contributed by atoms with E-state index in [9.17, 15) is 22.5 Å². The van der Waals surface area contributed by atoms with Crippen LogP contribution in [0.25, 0.3) is 0 Å². The summed E-state index contributed by atoms with van der Waals surface area (Å²) in [6.45, 7) is 0.300. The summed E-state index contributed by atoms with van der Waals surface area (Å²) in [7, 11) is -2.45. The minimum absolute atomic E-state index is 0.00126. The largest absolute Gasteiger partial charge is 0.421 e. The normalized spacial score (nSPS) is 16.2. The first-order chi connectivity index (χ1) is 12.8. The third-order valence-corrected chi connectivity index (χ3v) is 6.17. The van der Waals surface area contributed by atoms with Crippen molar-refractivity contribution in [2.45, 2.75) is 23.9 Å². The maximum absolute atomic E-state index is 13.2. The molecule has 0 aliphatic carbocycles. The summed E-state index contributed by atoms with van der Waals surface area (Å²) in [6, 6.07) is 8.41. The molecular formula is C17H19FN3O5S+. The van der Waals surface area contributed by atoms with Gasteiger partial charge in [0.05, 0.1) is 15.7 Å². The molecule has 1 aromatic heterocycles. The number of piperidine rings is 1. The number of anilines is 1. The van der Waals surface area contributed by atoms with E-state index in [1.54, 1.807) is 0 Å². The molecule has 0 spiro atoms. The molecule has 27 heavy (non-hydrogen) atoms. The fraction of sp³-hybridized carbons (Fsp3) is 0.353. The summed E-state index contributed by atoms with van der Waals surface area (Å²) in [6.07, 6.45) is -0.578. The van der Waals surface area contributed by atoms with E-state index < -0.39 is 22.1 Å². The van der Waals surface area contributed by atoms with Crippen molar-refractivity contribution in [3.63, 3.8) is 0 Å². The van der Waals surface area contributed by atoms with Crippen LogP contribution in [0.4, 0.5) is 16.0 Å². The maximum atomic E-state index is 13.2. The predicted octanol–water partition coefficient (Wildman–Crippen LogP) is 2.69. The number of nitroso groups, excluding NO2 is 1. The quantitative estimate of drug-likeness (QED) is 0.784. The van der Waals surface area contributed by atoms with E-state index in [1.165, 1.54) is 47.8 Å². The number of nitrogens with one attached hydrogen (secondary N) is 1. The van der Waals surface area contributed by atoms with Gasteiger partial charge in [-0.05, 0) is 43.2 Å². The van der Waals surface area contributed by atoms with Crippen LogP contribution in [-0.2, 0) is 10.0 Å². The monoisotopic (exact) mass is 396 g/mol. The molecule has 144 valence electrons. The van der Waals surface area contributed by atoms with Crippen molar-refractivity contribution in [2.24, 2.45) is 0 Å². The lowest BCUT2D eigenvalue weighted by Crippen LogP contribution is -2.38. The average molecular weight is 396 g/mol. The third-order valence-electron chi connectivity index (χ3n) is 4.26. The Kier molecular flexibility index (Phi) is 5.38. The molecule has 1 N–H and O–H groups in total. The Morgan fingerprint density at radius 3 is 2.37 bits per heavy atom. The van der Waals surface area contributed by atoms with Gasteiger partial charge in [0.25, 0.3) is 5.91 Å². The molecule has 1 aromatic carbocycles. The van der Waals surface area contributed by atoms with Gasteiger partial charge in [0, 0.05) is 23.7 Å². The summed E-state index contributed by atoms with van der Waals surface area (Å²) in [5.41, 5.74) is 0.370. The van der Waals surface area contributed by atoms with Crippen LogP contribution in [0, 0.1) is 4.91 Å². The molecule has 1 fully saturated rings. The zero-order valence-corrected chi connectivity index (χ0v) is 15.4.